The lowest BCUT2D eigenvalue weighted by Gasteiger charge is -2.15. The summed E-state index contributed by atoms with van der Waals surface area (Å²) in [6.45, 7) is -1.34. The molecule has 3 heterocycles. The third-order valence-corrected chi connectivity index (χ3v) is 6.05. The number of aromatic nitrogens is 7. The van der Waals surface area contributed by atoms with Crippen molar-refractivity contribution in [2.45, 2.75) is 38.2 Å². The molecule has 11 nitrogen and oxygen atoms in total. The molecular formula is C23H20ClF3N8O3. The van der Waals surface area contributed by atoms with E-state index in [0.717, 1.165) is 22.1 Å². The van der Waals surface area contributed by atoms with Crippen molar-refractivity contribution in [1.82, 2.24) is 34.1 Å². The van der Waals surface area contributed by atoms with Crippen molar-refractivity contribution in [1.29, 1.82) is 0 Å². The lowest BCUT2D eigenvalue weighted by Crippen LogP contribution is -2.37. The van der Waals surface area contributed by atoms with Gasteiger partial charge in [-0.05, 0) is 49.2 Å². The Morgan fingerprint density at radius 3 is 2.58 bits per heavy atom. The number of pyridine rings is 1. The van der Waals surface area contributed by atoms with Crippen molar-refractivity contribution in [3.05, 3.63) is 70.3 Å². The lowest BCUT2D eigenvalue weighted by atomic mass is 10.2. The summed E-state index contributed by atoms with van der Waals surface area (Å²) < 4.78 is 42.2. The number of carbonyl (C=O) groups excluding carboxylic acids is 1. The van der Waals surface area contributed by atoms with Crippen LogP contribution in [-0.4, -0.2) is 57.4 Å². The summed E-state index contributed by atoms with van der Waals surface area (Å²) >= 11 is 5.91. The minimum atomic E-state index is -4.94. The van der Waals surface area contributed by atoms with Gasteiger partial charge in [0.25, 0.3) is 0 Å². The Hall–Kier alpha value is -4.04. The van der Waals surface area contributed by atoms with Gasteiger partial charge in [-0.1, -0.05) is 11.6 Å². The van der Waals surface area contributed by atoms with Crippen molar-refractivity contribution < 1.29 is 23.1 Å². The van der Waals surface area contributed by atoms with Crippen LogP contribution in [0.3, 0.4) is 0 Å². The maximum atomic E-state index is 13.1. The van der Waals surface area contributed by atoms with E-state index in [2.05, 4.69) is 25.5 Å². The summed E-state index contributed by atoms with van der Waals surface area (Å²) in [5, 5.41) is 21.3. The number of carbonyl (C=O) groups is 1. The molecule has 1 fully saturated rings. The molecule has 0 aliphatic heterocycles. The highest BCUT2D eigenvalue weighted by molar-refractivity contribution is 6.30. The van der Waals surface area contributed by atoms with Crippen LogP contribution < -0.4 is 11.0 Å². The van der Waals surface area contributed by atoms with E-state index in [-0.39, 0.29) is 30.0 Å². The van der Waals surface area contributed by atoms with Crippen LogP contribution in [-0.2, 0) is 17.9 Å². The number of rotatable bonds is 8. The first kappa shape index (κ1) is 25.6. The summed E-state index contributed by atoms with van der Waals surface area (Å²) in [6.07, 6.45) is -3.22. The van der Waals surface area contributed by atoms with E-state index in [1.54, 1.807) is 12.1 Å². The summed E-state index contributed by atoms with van der Waals surface area (Å²) in [5.74, 6) is 0.174. The first-order valence-electron chi connectivity index (χ1n) is 11.5. The number of benzene rings is 1. The molecule has 4 aromatic rings. The van der Waals surface area contributed by atoms with Crippen LogP contribution in [0.1, 0.15) is 18.7 Å². The van der Waals surface area contributed by atoms with Gasteiger partial charge in [0.2, 0.25) is 5.91 Å². The molecule has 5 rings (SSSR count). The molecule has 0 radical (unpaired) electrons. The van der Waals surface area contributed by atoms with E-state index in [0.29, 0.717) is 22.1 Å². The highest BCUT2D eigenvalue weighted by Gasteiger charge is 2.39. The molecule has 0 saturated heterocycles. The van der Waals surface area contributed by atoms with Crippen LogP contribution in [0, 0.1) is 5.92 Å². The van der Waals surface area contributed by atoms with Crippen LogP contribution in [0.25, 0.3) is 17.2 Å². The zero-order valence-corrected chi connectivity index (χ0v) is 20.3. The maximum Gasteiger partial charge on any atom is 0.416 e. The molecule has 1 aliphatic rings. The molecule has 3 aromatic heterocycles. The molecule has 38 heavy (non-hydrogen) atoms. The molecule has 1 atom stereocenters. The second-order valence-electron chi connectivity index (χ2n) is 8.68. The number of halogens is 4. The smallest absolute Gasteiger partial charge is 0.382 e. The van der Waals surface area contributed by atoms with Crippen LogP contribution in [0.2, 0.25) is 5.02 Å². The topological polar surface area (TPSA) is 133 Å². The van der Waals surface area contributed by atoms with Gasteiger partial charge in [-0.25, -0.2) is 24.1 Å². The number of aliphatic hydroxyl groups excluding tert-OH is 1. The summed E-state index contributed by atoms with van der Waals surface area (Å²) in [7, 11) is 0. The number of aliphatic hydroxyl groups is 1. The minimum Gasteiger partial charge on any atom is -0.382 e. The Labute approximate surface area is 217 Å². The van der Waals surface area contributed by atoms with E-state index in [1.165, 1.54) is 41.5 Å². The van der Waals surface area contributed by atoms with Crippen molar-refractivity contribution in [2.24, 2.45) is 5.92 Å². The second-order valence-corrected chi connectivity index (χ2v) is 9.12. The van der Waals surface area contributed by atoms with E-state index < -0.39 is 24.5 Å². The molecule has 1 aromatic carbocycles. The summed E-state index contributed by atoms with van der Waals surface area (Å²) in [6, 6.07) is 9.32. The SMILES string of the molecule is O=C(Nc1cccnc1-n1cnc(Cn2nc(-c3ccc(Cl)cc3)n(CC(O)C(F)(F)F)c2=O)n1)C1CC1. The quantitative estimate of drug-likeness (QED) is 0.346. The second kappa shape index (κ2) is 10.0. The van der Waals surface area contributed by atoms with Crippen LogP contribution in [0.5, 0.6) is 0 Å². The summed E-state index contributed by atoms with van der Waals surface area (Å²) in [5.41, 5.74) is -0.152. The highest BCUT2D eigenvalue weighted by Crippen LogP contribution is 2.31. The van der Waals surface area contributed by atoms with Crippen molar-refractivity contribution in [3.8, 4) is 17.2 Å². The number of nitrogens with zero attached hydrogens (tertiary/aromatic N) is 7. The lowest BCUT2D eigenvalue weighted by molar-refractivity contribution is -0.207. The molecule has 15 heteroatoms. The van der Waals surface area contributed by atoms with Gasteiger partial charge in [0.1, 0.15) is 12.9 Å². The molecule has 0 bridgehead atoms. The Balaban J connectivity index is 1.45. The molecule has 1 saturated carbocycles. The zero-order valence-electron chi connectivity index (χ0n) is 19.5. The third-order valence-electron chi connectivity index (χ3n) is 5.80. The van der Waals surface area contributed by atoms with Gasteiger partial charge in [0.15, 0.2) is 23.6 Å². The molecule has 1 unspecified atom stereocenters. The number of hydrogen-bond donors (Lipinski definition) is 2. The highest BCUT2D eigenvalue weighted by atomic mass is 35.5. The van der Waals surface area contributed by atoms with Gasteiger partial charge in [0.05, 0.1) is 12.2 Å². The number of hydrogen-bond acceptors (Lipinski definition) is 7. The Kier molecular flexibility index (Phi) is 6.75. The monoisotopic (exact) mass is 548 g/mol. The number of anilines is 1. The largest absolute Gasteiger partial charge is 0.416 e. The third kappa shape index (κ3) is 5.45. The van der Waals surface area contributed by atoms with Gasteiger partial charge in [-0.3, -0.25) is 9.36 Å². The predicted octanol–water partition coefficient (Wildman–Crippen LogP) is 2.66. The van der Waals surface area contributed by atoms with E-state index in [9.17, 15) is 27.9 Å². The number of alkyl halides is 3. The molecule has 1 aliphatic carbocycles. The average molecular weight is 549 g/mol. The molecule has 2 N–H and O–H groups in total. The Morgan fingerprint density at radius 1 is 1.16 bits per heavy atom. The normalized spacial score (nSPS) is 14.4. The van der Waals surface area contributed by atoms with Crippen LogP contribution in [0.4, 0.5) is 18.9 Å². The molecule has 198 valence electrons. The van der Waals surface area contributed by atoms with Crippen LogP contribution >= 0.6 is 11.6 Å². The Morgan fingerprint density at radius 2 is 1.89 bits per heavy atom. The number of nitrogens with one attached hydrogen (secondary N) is 1. The van der Waals surface area contributed by atoms with E-state index >= 15 is 0 Å². The van der Waals surface area contributed by atoms with Gasteiger partial charge in [-0.15, -0.1) is 10.2 Å². The number of amides is 1. The van der Waals surface area contributed by atoms with Gasteiger partial charge in [0, 0.05) is 22.7 Å². The fourth-order valence-electron chi connectivity index (χ4n) is 3.66. The van der Waals surface area contributed by atoms with E-state index in [4.69, 9.17) is 11.6 Å². The predicted molar refractivity (Wildman–Crippen MR) is 129 cm³/mol. The Bertz CT molecular complexity index is 1530. The van der Waals surface area contributed by atoms with Crippen LogP contribution in [0.15, 0.2) is 53.7 Å². The van der Waals surface area contributed by atoms with Crippen molar-refractivity contribution >= 4 is 23.2 Å². The molecular weight excluding hydrogens is 529 g/mol. The summed E-state index contributed by atoms with van der Waals surface area (Å²) in [4.78, 5) is 33.7. The van der Waals surface area contributed by atoms with Crippen molar-refractivity contribution in [2.75, 3.05) is 5.32 Å². The maximum absolute atomic E-state index is 13.1. The van der Waals surface area contributed by atoms with Gasteiger partial charge >= 0.3 is 11.9 Å². The zero-order chi connectivity index (χ0) is 27.0. The molecule has 0 spiro atoms. The first-order valence-corrected chi connectivity index (χ1v) is 11.8. The van der Waals surface area contributed by atoms with Gasteiger partial charge in [-0.2, -0.15) is 13.2 Å². The fraction of sp³-hybridized carbons (Fsp3) is 0.304. The first-order chi connectivity index (χ1) is 18.1. The fourth-order valence-corrected chi connectivity index (χ4v) is 3.79. The van der Waals surface area contributed by atoms with Crippen molar-refractivity contribution in [3.63, 3.8) is 0 Å². The average Bonchev–Trinajstić information content (AvgIpc) is 3.57. The minimum absolute atomic E-state index is 0.0259. The standard InChI is InChI=1S/C23H20ClF3N8O3/c24-15-7-5-13(6-8-15)19-32-34(22(38)33(19)10-17(36)23(25,26)27)11-18-29-12-35(31-18)20-16(2-1-9-28-20)30-21(37)14-3-4-14/h1-2,5-9,12,14,17,36H,3-4,10-11H2,(H,30,37). The molecule has 1 amide bonds. The van der Waals surface area contributed by atoms with Gasteiger partial charge < -0.3 is 10.4 Å². The van der Waals surface area contributed by atoms with E-state index in [1.807, 2.05) is 0 Å².